The largest absolute Gasteiger partial charge is 0.472 e. The molecule has 0 saturated carbocycles. The second kappa shape index (κ2) is 10.7. The number of hydrogen-bond acceptors (Lipinski definition) is 15. The molecule has 0 radical (unpaired) electrons. The molecule has 42 heavy (non-hydrogen) atoms. The summed E-state index contributed by atoms with van der Waals surface area (Å²) in [5, 5.41) is 21.8. The molecule has 2 unspecified atom stereocenters. The molecule has 23 heteroatoms. The molecule has 0 aromatic carbocycles. The third kappa shape index (κ3) is 5.34. The van der Waals surface area contributed by atoms with Crippen LogP contribution >= 0.6 is 15.6 Å². The lowest BCUT2D eigenvalue weighted by Crippen LogP contribution is -2.39. The van der Waals surface area contributed by atoms with Gasteiger partial charge in [0.15, 0.2) is 23.6 Å². The number of ether oxygens (including phenoxy) is 2. The highest BCUT2D eigenvalue weighted by atomic mass is 31.2. The first-order valence-electron chi connectivity index (χ1n) is 12.0. The molecule has 21 nitrogen and oxygen atoms in total. The van der Waals surface area contributed by atoms with Gasteiger partial charge in [-0.25, -0.2) is 23.9 Å². The van der Waals surface area contributed by atoms with E-state index in [4.69, 9.17) is 27.6 Å². The van der Waals surface area contributed by atoms with Crippen LogP contribution in [0.4, 0.5) is 0 Å². The molecule has 10 atom stereocenters. The maximum absolute atomic E-state index is 13.0. The smallest absolute Gasteiger partial charge is 0.387 e. The first-order chi connectivity index (χ1) is 19.8. The molecule has 6 heterocycles. The van der Waals surface area contributed by atoms with Crippen molar-refractivity contribution in [3.8, 4) is 0 Å². The summed E-state index contributed by atoms with van der Waals surface area (Å²) in [6.45, 7) is -1.75. The topological polar surface area (TPSA) is 289 Å². The average Bonchev–Trinajstić information content (AvgIpc) is 3.57. The van der Waals surface area contributed by atoms with Gasteiger partial charge in [-0.2, -0.15) is 0 Å². The van der Waals surface area contributed by atoms with Gasteiger partial charge < -0.3 is 34.5 Å². The summed E-state index contributed by atoms with van der Waals surface area (Å²) in [5.74, 6) is 0. The number of fused-ring (bicyclic) bond motifs is 5. The van der Waals surface area contributed by atoms with Gasteiger partial charge in [0.05, 0.1) is 25.9 Å². The summed E-state index contributed by atoms with van der Waals surface area (Å²) in [5.41, 5.74) is -2.58. The monoisotopic (exact) mass is 636 g/mol. The Morgan fingerprint density at radius 1 is 0.881 bits per heavy atom. The fraction of sp³-hybridized carbons (Fsp3) is 0.526. The van der Waals surface area contributed by atoms with E-state index in [1.54, 1.807) is 0 Å². The fourth-order valence-electron chi connectivity index (χ4n) is 4.77. The second-order valence-corrected chi connectivity index (χ2v) is 12.2. The van der Waals surface area contributed by atoms with Crippen molar-refractivity contribution in [3.63, 3.8) is 0 Å². The number of nitrogens with zero attached hydrogens (tertiary/aromatic N) is 4. The number of aliphatic hydroxyl groups excluding tert-OH is 2. The van der Waals surface area contributed by atoms with Gasteiger partial charge in [0.1, 0.15) is 36.6 Å². The highest BCUT2D eigenvalue weighted by Crippen LogP contribution is 2.53. The molecule has 0 aliphatic carbocycles. The van der Waals surface area contributed by atoms with E-state index in [2.05, 4.69) is 15.0 Å². The molecular formula is C19H22N6O15P2. The number of nitrogens with one attached hydrogen (secondary N) is 2. The molecule has 3 aromatic heterocycles. The van der Waals surface area contributed by atoms with Crippen molar-refractivity contribution >= 4 is 26.8 Å². The molecule has 3 aliphatic heterocycles. The van der Waals surface area contributed by atoms with Gasteiger partial charge in [0.25, 0.3) is 11.1 Å². The van der Waals surface area contributed by atoms with Crippen molar-refractivity contribution in [2.45, 2.75) is 49.1 Å². The van der Waals surface area contributed by atoms with E-state index >= 15 is 0 Å². The lowest BCUT2D eigenvalue weighted by atomic mass is 10.1. The number of rotatable bonds is 2. The number of H-pyrrole nitrogens is 2. The molecule has 3 fully saturated rings. The number of aromatic amines is 2. The number of imidazole rings is 1. The second-order valence-electron chi connectivity index (χ2n) is 9.35. The Morgan fingerprint density at radius 3 is 2.02 bits per heavy atom. The van der Waals surface area contributed by atoms with Gasteiger partial charge in [-0.1, -0.05) is 0 Å². The minimum absolute atomic E-state index is 0.0498. The fourth-order valence-corrected chi connectivity index (χ4v) is 6.63. The van der Waals surface area contributed by atoms with Crippen LogP contribution in [-0.2, 0) is 36.7 Å². The average molecular weight is 636 g/mol. The Balaban J connectivity index is 1.34. The molecule has 0 amide bonds. The van der Waals surface area contributed by atoms with Gasteiger partial charge in [0, 0.05) is 12.3 Å². The van der Waals surface area contributed by atoms with Crippen LogP contribution in [0.15, 0.2) is 39.3 Å². The Morgan fingerprint density at radius 2 is 1.45 bits per heavy atom. The SMILES string of the molecule is O=c1ccn([C@@H]2O[C@@H]3COP(=O)(O)O[C@@H]4[C@H](O)[C@@H](COP(=O)(O)O[C@@H]2[C@@H]3O)O[C@H]4n2cnc3c(=O)[nH]cnc32)c(=O)[nH]1. The van der Waals surface area contributed by atoms with E-state index in [0.717, 1.165) is 34.1 Å². The Labute approximate surface area is 231 Å². The lowest BCUT2D eigenvalue weighted by molar-refractivity contribution is -0.0695. The molecular weight excluding hydrogens is 614 g/mol. The van der Waals surface area contributed by atoms with Gasteiger partial charge in [-0.05, 0) is 0 Å². The van der Waals surface area contributed by atoms with Gasteiger partial charge in [-0.15, -0.1) is 0 Å². The van der Waals surface area contributed by atoms with Crippen LogP contribution in [0.1, 0.15) is 12.5 Å². The van der Waals surface area contributed by atoms with Crippen LogP contribution in [0.5, 0.6) is 0 Å². The summed E-state index contributed by atoms with van der Waals surface area (Å²) in [6.07, 6.45) is -10.2. The van der Waals surface area contributed by atoms with Crippen molar-refractivity contribution in [1.29, 1.82) is 0 Å². The lowest BCUT2D eigenvalue weighted by Gasteiger charge is -2.26. The molecule has 6 N–H and O–H groups in total. The molecule has 3 aromatic rings. The summed E-state index contributed by atoms with van der Waals surface area (Å²) >= 11 is 0. The quantitative estimate of drug-likeness (QED) is 0.155. The van der Waals surface area contributed by atoms with Crippen molar-refractivity contribution in [2.24, 2.45) is 0 Å². The molecule has 6 rings (SSSR count). The number of phosphoric acid groups is 2. The van der Waals surface area contributed by atoms with Crippen molar-refractivity contribution < 1.29 is 56.7 Å². The standard InChI is InChI=1S/C19H22N6O15P2/c26-9-1-2-24(19(30)23-9)17-13-11(27)7(37-17)3-35-42(33,34)40-14-12(28)8(4-36-41(31,32)39-13)38-18(14)25-6-22-10-15(25)20-5-21-16(10)29/h1-2,5-8,11-14,17-18,27-28H,3-4H2,(H,31,32)(H,33,34)(H,20,21,29)(H,23,26,30)/t7-,8-,11-,12-,13-,14-,17-,18-/m1/s1. The number of phosphoric ester groups is 2. The molecule has 4 bridgehead atoms. The van der Waals surface area contributed by atoms with Crippen LogP contribution in [-0.4, -0.2) is 98.9 Å². The van der Waals surface area contributed by atoms with Gasteiger partial charge in [0.2, 0.25) is 0 Å². The van der Waals surface area contributed by atoms with Crippen LogP contribution in [0.2, 0.25) is 0 Å². The molecule has 228 valence electrons. The molecule has 0 spiro atoms. The van der Waals surface area contributed by atoms with Crippen molar-refractivity contribution in [1.82, 2.24) is 29.1 Å². The summed E-state index contributed by atoms with van der Waals surface area (Å²) < 4.78 is 59.5. The predicted molar refractivity (Wildman–Crippen MR) is 131 cm³/mol. The Hall–Kier alpha value is -2.91. The summed E-state index contributed by atoms with van der Waals surface area (Å²) in [4.78, 5) is 69.1. The van der Waals surface area contributed by atoms with Crippen LogP contribution in [0.3, 0.4) is 0 Å². The number of aromatic nitrogens is 6. The molecule has 3 saturated heterocycles. The van der Waals surface area contributed by atoms with Crippen LogP contribution < -0.4 is 16.8 Å². The van der Waals surface area contributed by atoms with Crippen molar-refractivity contribution in [2.75, 3.05) is 13.2 Å². The zero-order chi connectivity index (χ0) is 30.0. The Bertz CT molecular complexity index is 1770. The number of hydrogen-bond donors (Lipinski definition) is 6. The van der Waals surface area contributed by atoms with Gasteiger partial charge in [-0.3, -0.25) is 41.8 Å². The van der Waals surface area contributed by atoms with Crippen molar-refractivity contribution in [3.05, 3.63) is 56.1 Å². The van der Waals surface area contributed by atoms with Crippen LogP contribution in [0, 0.1) is 0 Å². The van der Waals surface area contributed by atoms with Crippen LogP contribution in [0.25, 0.3) is 11.2 Å². The van der Waals surface area contributed by atoms with E-state index in [9.17, 15) is 43.5 Å². The minimum Gasteiger partial charge on any atom is -0.387 e. The zero-order valence-corrected chi connectivity index (χ0v) is 22.6. The normalized spacial score (nSPS) is 39.3. The maximum Gasteiger partial charge on any atom is 0.472 e. The minimum atomic E-state index is -5.12. The summed E-state index contributed by atoms with van der Waals surface area (Å²) in [7, 11) is -10.2. The van der Waals surface area contributed by atoms with E-state index in [1.807, 2.05) is 4.98 Å². The highest BCUT2D eigenvalue weighted by Gasteiger charge is 2.53. The zero-order valence-electron chi connectivity index (χ0n) is 20.8. The van der Waals surface area contributed by atoms with E-state index in [1.165, 1.54) is 0 Å². The van der Waals surface area contributed by atoms with E-state index in [0.29, 0.717) is 0 Å². The third-order valence-corrected chi connectivity index (χ3v) is 8.67. The third-order valence-electron chi connectivity index (χ3n) is 6.70. The van der Waals surface area contributed by atoms with E-state index < -0.39 is 94.7 Å². The first kappa shape index (κ1) is 29.2. The molecule has 3 aliphatic rings. The first-order valence-corrected chi connectivity index (χ1v) is 15.0. The highest BCUT2D eigenvalue weighted by molar-refractivity contribution is 7.47. The predicted octanol–water partition coefficient (Wildman–Crippen LogP) is -2.80. The number of aliphatic hydroxyl groups is 2. The van der Waals surface area contributed by atoms with Gasteiger partial charge >= 0.3 is 21.3 Å². The Kier molecular flexibility index (Phi) is 7.41. The van der Waals surface area contributed by atoms with E-state index in [-0.39, 0.29) is 11.2 Å². The maximum atomic E-state index is 13.0. The summed E-state index contributed by atoms with van der Waals surface area (Å²) in [6, 6.07) is 0.937.